The summed E-state index contributed by atoms with van der Waals surface area (Å²) < 4.78 is 27.3. The van der Waals surface area contributed by atoms with Crippen molar-refractivity contribution in [2.75, 3.05) is 12.4 Å². The van der Waals surface area contributed by atoms with E-state index in [2.05, 4.69) is 0 Å². The Balaban J connectivity index is 3.92. The molecule has 0 aromatic heterocycles. The Hall–Kier alpha value is -0.620. The number of sulfone groups is 1. The first-order chi connectivity index (χ1) is 6.27. The molecule has 0 heterocycles. The molecule has 84 valence electrons. The fourth-order valence-corrected chi connectivity index (χ4v) is 1.45. The average Bonchev–Trinajstić information content (AvgIpc) is 2.03. The van der Waals surface area contributed by atoms with Crippen molar-refractivity contribution in [2.45, 2.75) is 32.1 Å². The summed E-state index contributed by atoms with van der Waals surface area (Å²) in [5, 5.41) is 7.99. The summed E-state index contributed by atoms with van der Waals surface area (Å²) in [5.74, 6) is -1.23. The first-order valence-corrected chi connectivity index (χ1v) is 6.05. The zero-order valence-corrected chi connectivity index (χ0v) is 9.37. The van der Waals surface area contributed by atoms with Crippen LogP contribution >= 0.6 is 0 Å². The van der Waals surface area contributed by atoms with E-state index in [1.165, 1.54) is 6.92 Å². The highest BCUT2D eigenvalue weighted by Gasteiger charge is 2.17. The summed E-state index contributed by atoms with van der Waals surface area (Å²) in [6.07, 6.45) is -0.961. The van der Waals surface area contributed by atoms with Gasteiger partial charge in [-0.25, -0.2) is 13.2 Å². The normalized spacial score (nSPS) is 14.3. The molecule has 1 N–H and O–H groups in total. The highest BCUT2D eigenvalue weighted by Crippen LogP contribution is 2.01. The Morgan fingerprint density at radius 2 is 1.86 bits per heavy atom. The van der Waals surface area contributed by atoms with Crippen molar-refractivity contribution in [2.24, 2.45) is 0 Å². The van der Waals surface area contributed by atoms with Gasteiger partial charge in [-0.15, -0.1) is 0 Å². The van der Waals surface area contributed by atoms with Crippen LogP contribution < -0.4 is 0 Å². The van der Waals surface area contributed by atoms with E-state index in [1.54, 1.807) is 13.8 Å². The summed E-state index contributed by atoms with van der Waals surface area (Å²) in [6.45, 7) is 4.45. The molecule has 0 aromatic carbocycles. The van der Waals surface area contributed by atoms with E-state index in [0.29, 0.717) is 0 Å². The second kappa shape index (κ2) is 5.31. The molecule has 0 aliphatic carbocycles. The maximum absolute atomic E-state index is 11.3. The van der Waals surface area contributed by atoms with Crippen molar-refractivity contribution in [3.8, 4) is 0 Å². The number of hydrogen-bond donors (Lipinski definition) is 1. The molecule has 1 atom stereocenters. The molecule has 0 amide bonds. The van der Waals surface area contributed by atoms with Crippen LogP contribution in [0.3, 0.4) is 0 Å². The van der Waals surface area contributed by atoms with Gasteiger partial charge in [0.1, 0.15) is 0 Å². The second-order valence-electron chi connectivity index (χ2n) is 3.27. The third kappa shape index (κ3) is 4.57. The van der Waals surface area contributed by atoms with Crippen LogP contribution in [-0.4, -0.2) is 43.2 Å². The van der Waals surface area contributed by atoms with Crippen molar-refractivity contribution in [1.29, 1.82) is 0 Å². The molecule has 5 nitrogen and oxygen atoms in total. The van der Waals surface area contributed by atoms with Gasteiger partial charge in [0.2, 0.25) is 0 Å². The minimum atomic E-state index is -3.14. The average molecular weight is 224 g/mol. The largest absolute Gasteiger partial charge is 0.479 e. The zero-order chi connectivity index (χ0) is 11.4. The van der Waals surface area contributed by atoms with Gasteiger partial charge >= 0.3 is 5.97 Å². The number of carboxylic acids is 1. The maximum Gasteiger partial charge on any atom is 0.332 e. The van der Waals surface area contributed by atoms with Crippen LogP contribution in [-0.2, 0) is 19.4 Å². The molecule has 0 aliphatic heterocycles. The van der Waals surface area contributed by atoms with Crippen molar-refractivity contribution in [1.82, 2.24) is 0 Å². The zero-order valence-electron chi connectivity index (χ0n) is 8.56. The molecular weight excluding hydrogens is 208 g/mol. The van der Waals surface area contributed by atoms with E-state index in [1.807, 2.05) is 0 Å². The summed E-state index contributed by atoms with van der Waals surface area (Å²) in [6, 6.07) is 0. The molecule has 0 aromatic rings. The third-order valence-corrected chi connectivity index (χ3v) is 3.97. The summed E-state index contributed by atoms with van der Waals surface area (Å²) in [7, 11) is -3.14. The molecule has 0 saturated carbocycles. The van der Waals surface area contributed by atoms with Gasteiger partial charge in [-0.3, -0.25) is 0 Å². The van der Waals surface area contributed by atoms with Gasteiger partial charge in [0.15, 0.2) is 15.9 Å². The molecule has 0 spiro atoms. The lowest BCUT2D eigenvalue weighted by Crippen LogP contribution is -2.26. The molecule has 0 saturated heterocycles. The van der Waals surface area contributed by atoms with Crippen LogP contribution in [0.5, 0.6) is 0 Å². The van der Waals surface area contributed by atoms with E-state index in [0.717, 1.165) is 0 Å². The molecular formula is C8H16O5S. The lowest BCUT2D eigenvalue weighted by Gasteiger charge is -2.10. The standard InChI is InChI=1S/C8H16O5S/c1-6(2)14(11,12)5-4-13-7(3)8(9)10/h6-7H,4-5H2,1-3H3,(H,9,10). The van der Waals surface area contributed by atoms with Gasteiger partial charge in [0.05, 0.1) is 17.6 Å². The van der Waals surface area contributed by atoms with Crippen molar-refractivity contribution < 1.29 is 23.1 Å². The minimum absolute atomic E-state index is 0.0754. The monoisotopic (exact) mass is 224 g/mol. The van der Waals surface area contributed by atoms with E-state index in [4.69, 9.17) is 9.84 Å². The smallest absolute Gasteiger partial charge is 0.332 e. The molecule has 0 fully saturated rings. The Labute approximate surface area is 84.0 Å². The molecule has 0 bridgehead atoms. The highest BCUT2D eigenvalue weighted by atomic mass is 32.2. The second-order valence-corrected chi connectivity index (χ2v) is 5.94. The first kappa shape index (κ1) is 13.4. The molecule has 0 rings (SSSR count). The summed E-state index contributed by atoms with van der Waals surface area (Å²) in [4.78, 5) is 10.3. The Bertz CT molecular complexity index is 280. The summed E-state index contributed by atoms with van der Waals surface area (Å²) >= 11 is 0. The number of carboxylic acid groups (broad SMARTS) is 1. The predicted octanol–water partition coefficient (Wildman–Crippen LogP) is 0.299. The lowest BCUT2D eigenvalue weighted by molar-refractivity contribution is -0.148. The fourth-order valence-electron chi connectivity index (χ4n) is 0.648. The van der Waals surface area contributed by atoms with E-state index >= 15 is 0 Å². The highest BCUT2D eigenvalue weighted by molar-refractivity contribution is 7.91. The van der Waals surface area contributed by atoms with Crippen LogP contribution in [0.25, 0.3) is 0 Å². The number of aliphatic carboxylic acids is 1. The van der Waals surface area contributed by atoms with E-state index < -0.39 is 27.2 Å². The predicted molar refractivity (Wildman–Crippen MR) is 52.0 cm³/mol. The van der Waals surface area contributed by atoms with Gasteiger partial charge < -0.3 is 9.84 Å². The van der Waals surface area contributed by atoms with E-state index in [-0.39, 0.29) is 12.4 Å². The molecule has 14 heavy (non-hydrogen) atoms. The van der Waals surface area contributed by atoms with Gasteiger partial charge in [-0.05, 0) is 20.8 Å². The summed E-state index contributed by atoms with van der Waals surface area (Å²) in [5.41, 5.74) is 0. The van der Waals surface area contributed by atoms with E-state index in [9.17, 15) is 13.2 Å². The number of carbonyl (C=O) groups is 1. The van der Waals surface area contributed by atoms with Crippen molar-refractivity contribution in [3.63, 3.8) is 0 Å². The van der Waals surface area contributed by atoms with Crippen LogP contribution in [0.1, 0.15) is 20.8 Å². The Morgan fingerprint density at radius 3 is 2.21 bits per heavy atom. The van der Waals surface area contributed by atoms with Gasteiger partial charge in [-0.1, -0.05) is 0 Å². The van der Waals surface area contributed by atoms with Crippen LogP contribution in [0.2, 0.25) is 0 Å². The molecule has 1 unspecified atom stereocenters. The maximum atomic E-state index is 11.3. The topological polar surface area (TPSA) is 80.7 Å². The molecule has 0 radical (unpaired) electrons. The number of hydrogen-bond acceptors (Lipinski definition) is 4. The molecule has 6 heteroatoms. The SMILES string of the molecule is CC(OCCS(=O)(=O)C(C)C)C(=O)O. The third-order valence-electron chi connectivity index (χ3n) is 1.80. The van der Waals surface area contributed by atoms with Crippen molar-refractivity contribution >= 4 is 15.8 Å². The Kier molecular flexibility index (Phi) is 5.07. The first-order valence-electron chi connectivity index (χ1n) is 4.33. The van der Waals surface area contributed by atoms with Crippen LogP contribution in [0, 0.1) is 0 Å². The van der Waals surface area contributed by atoms with Crippen LogP contribution in [0.4, 0.5) is 0 Å². The van der Waals surface area contributed by atoms with Crippen LogP contribution in [0.15, 0.2) is 0 Å². The fraction of sp³-hybridized carbons (Fsp3) is 0.875. The molecule has 0 aliphatic rings. The number of rotatable bonds is 6. The van der Waals surface area contributed by atoms with Crippen molar-refractivity contribution in [3.05, 3.63) is 0 Å². The quantitative estimate of drug-likeness (QED) is 0.701. The van der Waals surface area contributed by atoms with Gasteiger partial charge in [-0.2, -0.15) is 0 Å². The number of ether oxygens (including phenoxy) is 1. The lowest BCUT2D eigenvalue weighted by atomic mass is 10.4. The Morgan fingerprint density at radius 1 is 1.36 bits per heavy atom. The van der Waals surface area contributed by atoms with Gasteiger partial charge in [0.25, 0.3) is 0 Å². The van der Waals surface area contributed by atoms with Gasteiger partial charge in [0, 0.05) is 0 Å². The minimum Gasteiger partial charge on any atom is -0.479 e.